The predicted molar refractivity (Wildman–Crippen MR) is 77.0 cm³/mol. The van der Waals surface area contributed by atoms with E-state index in [-0.39, 0.29) is 17.0 Å². The molecule has 0 aliphatic rings. The maximum atomic E-state index is 13.5. The summed E-state index contributed by atoms with van der Waals surface area (Å²) in [5.41, 5.74) is -0.0441. The quantitative estimate of drug-likeness (QED) is 0.466. The first-order valence-corrected chi connectivity index (χ1v) is 6.62. The standard InChI is InChI=1S/C14H9BrFNO4/c15-10-4-5-14(12(16)7-10)21-8-13(18)9-2-1-3-11(6-9)17(19)20/h1-7H,8H2. The molecular weight excluding hydrogens is 345 g/mol. The molecular formula is C14H9BrFNO4. The highest BCUT2D eigenvalue weighted by molar-refractivity contribution is 9.10. The van der Waals surface area contributed by atoms with Gasteiger partial charge in [-0.3, -0.25) is 14.9 Å². The molecule has 7 heteroatoms. The molecule has 0 saturated heterocycles. The van der Waals surface area contributed by atoms with Gasteiger partial charge >= 0.3 is 0 Å². The van der Waals surface area contributed by atoms with E-state index >= 15 is 0 Å². The Kier molecular flexibility index (Phi) is 4.64. The molecule has 0 fully saturated rings. The summed E-state index contributed by atoms with van der Waals surface area (Å²) >= 11 is 3.11. The monoisotopic (exact) mass is 353 g/mol. The molecule has 0 aliphatic carbocycles. The summed E-state index contributed by atoms with van der Waals surface area (Å²) in [6, 6.07) is 9.47. The van der Waals surface area contributed by atoms with Crippen LogP contribution in [-0.4, -0.2) is 17.3 Å². The van der Waals surface area contributed by atoms with Crippen LogP contribution in [0.15, 0.2) is 46.9 Å². The minimum absolute atomic E-state index is 0.0584. The zero-order valence-corrected chi connectivity index (χ0v) is 12.2. The van der Waals surface area contributed by atoms with Gasteiger partial charge in [0.15, 0.2) is 24.0 Å². The zero-order chi connectivity index (χ0) is 15.4. The van der Waals surface area contributed by atoms with Crippen LogP contribution in [0.25, 0.3) is 0 Å². The van der Waals surface area contributed by atoms with Gasteiger partial charge in [0.2, 0.25) is 0 Å². The molecule has 0 unspecified atom stereocenters. The normalized spacial score (nSPS) is 10.2. The van der Waals surface area contributed by atoms with E-state index in [4.69, 9.17) is 4.74 Å². The Morgan fingerprint density at radius 1 is 1.29 bits per heavy atom. The zero-order valence-electron chi connectivity index (χ0n) is 10.6. The molecule has 0 heterocycles. The lowest BCUT2D eigenvalue weighted by molar-refractivity contribution is -0.384. The number of nitro benzene ring substituents is 1. The van der Waals surface area contributed by atoms with Gasteiger partial charge in [-0.15, -0.1) is 0 Å². The number of benzene rings is 2. The van der Waals surface area contributed by atoms with E-state index in [1.54, 1.807) is 6.07 Å². The van der Waals surface area contributed by atoms with Gasteiger partial charge in [0.25, 0.3) is 5.69 Å². The highest BCUT2D eigenvalue weighted by Crippen LogP contribution is 2.22. The van der Waals surface area contributed by atoms with E-state index in [1.165, 1.54) is 30.3 Å². The number of rotatable bonds is 5. The largest absolute Gasteiger partial charge is 0.482 e. The smallest absolute Gasteiger partial charge is 0.270 e. The third-order valence-corrected chi connectivity index (χ3v) is 3.12. The van der Waals surface area contributed by atoms with Gasteiger partial charge in [-0.05, 0) is 18.2 Å². The minimum atomic E-state index is -0.601. The number of ether oxygens (including phenoxy) is 1. The van der Waals surface area contributed by atoms with Crippen LogP contribution in [0.2, 0.25) is 0 Å². The van der Waals surface area contributed by atoms with Crippen LogP contribution in [0.1, 0.15) is 10.4 Å². The Balaban J connectivity index is 2.08. The van der Waals surface area contributed by atoms with Crippen molar-refractivity contribution in [2.45, 2.75) is 0 Å². The van der Waals surface area contributed by atoms with Gasteiger partial charge in [0.1, 0.15) is 0 Å². The Bertz CT molecular complexity index is 705. The van der Waals surface area contributed by atoms with Crippen molar-refractivity contribution in [1.29, 1.82) is 0 Å². The molecule has 108 valence electrons. The van der Waals surface area contributed by atoms with Crippen molar-refractivity contribution in [2.24, 2.45) is 0 Å². The summed E-state index contributed by atoms with van der Waals surface area (Å²) in [6.07, 6.45) is 0. The molecule has 2 aromatic rings. The van der Waals surface area contributed by atoms with Gasteiger partial charge in [-0.1, -0.05) is 28.1 Å². The third kappa shape index (κ3) is 3.85. The number of halogens is 2. The van der Waals surface area contributed by atoms with E-state index in [9.17, 15) is 19.3 Å². The second-order valence-corrected chi connectivity index (χ2v) is 5.01. The van der Waals surface area contributed by atoms with Crippen LogP contribution < -0.4 is 4.74 Å². The van der Waals surface area contributed by atoms with Gasteiger partial charge in [-0.2, -0.15) is 0 Å². The van der Waals surface area contributed by atoms with Crippen LogP contribution in [-0.2, 0) is 0 Å². The van der Waals surface area contributed by atoms with Gasteiger partial charge in [-0.25, -0.2) is 4.39 Å². The number of ketones is 1. The van der Waals surface area contributed by atoms with Crippen molar-refractivity contribution < 1.29 is 18.8 Å². The molecule has 0 radical (unpaired) electrons. The summed E-state index contributed by atoms with van der Waals surface area (Å²) in [4.78, 5) is 21.9. The Hall–Kier alpha value is -2.28. The number of Topliss-reactive ketones (excluding diaryl/α,β-unsaturated/α-hetero) is 1. The van der Waals surface area contributed by atoms with E-state index in [2.05, 4.69) is 15.9 Å². The van der Waals surface area contributed by atoms with Crippen molar-refractivity contribution in [2.75, 3.05) is 6.61 Å². The SMILES string of the molecule is O=C(COc1ccc(Br)cc1F)c1cccc([N+](=O)[O-])c1. The Morgan fingerprint density at radius 3 is 2.71 bits per heavy atom. The van der Waals surface area contributed by atoms with E-state index in [0.29, 0.717) is 4.47 Å². The number of carbonyl (C=O) groups excluding carboxylic acids is 1. The molecule has 0 bridgehead atoms. The van der Waals surface area contributed by atoms with Crippen molar-refractivity contribution in [1.82, 2.24) is 0 Å². The van der Waals surface area contributed by atoms with Crippen molar-refractivity contribution >= 4 is 27.4 Å². The minimum Gasteiger partial charge on any atom is -0.482 e. The van der Waals surface area contributed by atoms with Gasteiger partial charge in [0, 0.05) is 22.2 Å². The number of carbonyl (C=O) groups is 1. The second-order valence-electron chi connectivity index (χ2n) is 4.09. The second kappa shape index (κ2) is 6.45. The molecule has 0 aliphatic heterocycles. The fourth-order valence-electron chi connectivity index (χ4n) is 1.61. The molecule has 0 spiro atoms. The first kappa shape index (κ1) is 15.1. The number of hydrogen-bond acceptors (Lipinski definition) is 4. The van der Waals surface area contributed by atoms with Crippen LogP contribution in [0.3, 0.4) is 0 Å². The first-order chi connectivity index (χ1) is 9.97. The Morgan fingerprint density at radius 2 is 2.05 bits per heavy atom. The Labute approximate surface area is 127 Å². The lowest BCUT2D eigenvalue weighted by Crippen LogP contribution is -2.12. The number of hydrogen-bond donors (Lipinski definition) is 0. The van der Waals surface area contributed by atoms with Crippen LogP contribution in [0.5, 0.6) is 5.75 Å². The molecule has 2 rings (SSSR count). The van der Waals surface area contributed by atoms with Gasteiger partial charge < -0.3 is 4.74 Å². The van der Waals surface area contributed by atoms with Crippen molar-refractivity contribution in [3.8, 4) is 5.75 Å². The van der Waals surface area contributed by atoms with E-state index < -0.39 is 23.1 Å². The number of nitrogens with zero attached hydrogens (tertiary/aromatic N) is 1. The lowest BCUT2D eigenvalue weighted by Gasteiger charge is -2.07. The highest BCUT2D eigenvalue weighted by atomic mass is 79.9. The fourth-order valence-corrected chi connectivity index (χ4v) is 1.94. The molecule has 5 nitrogen and oxygen atoms in total. The average Bonchev–Trinajstić information content (AvgIpc) is 2.46. The molecule has 0 saturated carbocycles. The van der Waals surface area contributed by atoms with Crippen LogP contribution in [0, 0.1) is 15.9 Å². The fraction of sp³-hybridized carbons (Fsp3) is 0.0714. The molecule has 21 heavy (non-hydrogen) atoms. The molecule has 0 aromatic heterocycles. The maximum Gasteiger partial charge on any atom is 0.270 e. The lowest BCUT2D eigenvalue weighted by atomic mass is 10.1. The summed E-state index contributed by atoms with van der Waals surface area (Å²) in [7, 11) is 0. The first-order valence-electron chi connectivity index (χ1n) is 5.83. The summed E-state index contributed by atoms with van der Waals surface area (Å²) in [5, 5.41) is 10.6. The molecule has 0 amide bonds. The van der Waals surface area contributed by atoms with Gasteiger partial charge in [0.05, 0.1) is 4.92 Å². The van der Waals surface area contributed by atoms with E-state index in [0.717, 1.165) is 6.07 Å². The average molecular weight is 354 g/mol. The van der Waals surface area contributed by atoms with Crippen LogP contribution in [0.4, 0.5) is 10.1 Å². The molecule has 0 atom stereocenters. The highest BCUT2D eigenvalue weighted by Gasteiger charge is 2.13. The summed E-state index contributed by atoms with van der Waals surface area (Å²) in [5.74, 6) is -1.13. The third-order valence-electron chi connectivity index (χ3n) is 2.63. The summed E-state index contributed by atoms with van der Waals surface area (Å²) < 4.78 is 19.2. The molecule has 0 N–H and O–H groups in total. The number of non-ortho nitro benzene ring substituents is 1. The maximum absolute atomic E-state index is 13.5. The van der Waals surface area contributed by atoms with Crippen LogP contribution >= 0.6 is 15.9 Å². The van der Waals surface area contributed by atoms with Crippen molar-refractivity contribution in [3.63, 3.8) is 0 Å². The van der Waals surface area contributed by atoms with Crippen molar-refractivity contribution in [3.05, 3.63) is 68.4 Å². The summed E-state index contributed by atoms with van der Waals surface area (Å²) in [6.45, 7) is -0.403. The van der Waals surface area contributed by atoms with E-state index in [1.807, 2.05) is 0 Å². The predicted octanol–water partition coefficient (Wildman–Crippen LogP) is 3.76. The number of nitro groups is 1. The topological polar surface area (TPSA) is 69.4 Å². The molecule has 2 aromatic carbocycles.